The molecule has 0 bridgehead atoms. The molecule has 0 unspecified atom stereocenters. The third-order valence-electron chi connectivity index (χ3n) is 3.59. The lowest BCUT2D eigenvalue weighted by molar-refractivity contribution is 0.115. The van der Waals surface area contributed by atoms with Crippen LogP contribution in [0.1, 0.15) is 18.4 Å². The number of likely N-dealkylation sites (N-methyl/N-ethyl adjacent to an activating group) is 1. The fourth-order valence-corrected chi connectivity index (χ4v) is 2.25. The van der Waals surface area contributed by atoms with E-state index >= 15 is 0 Å². The average Bonchev–Trinajstić information content (AvgIpc) is 3.30. The Labute approximate surface area is 155 Å². The summed E-state index contributed by atoms with van der Waals surface area (Å²) in [5, 5.41) is 4.10. The van der Waals surface area contributed by atoms with Crippen LogP contribution in [0.5, 0.6) is 0 Å². The van der Waals surface area contributed by atoms with Crippen LogP contribution in [0.15, 0.2) is 29.3 Å². The summed E-state index contributed by atoms with van der Waals surface area (Å²) in [6, 6.07) is 7.84. The first kappa shape index (κ1) is 19.5. The van der Waals surface area contributed by atoms with Gasteiger partial charge in [-0.15, -0.1) is 24.0 Å². The second-order valence-corrected chi connectivity index (χ2v) is 5.84. The Morgan fingerprint density at radius 3 is 2.77 bits per heavy atom. The van der Waals surface area contributed by atoms with Crippen LogP contribution >= 0.6 is 35.6 Å². The molecule has 1 N–H and O–H groups in total. The van der Waals surface area contributed by atoms with E-state index in [1.54, 1.807) is 7.05 Å². The molecule has 0 saturated heterocycles. The molecule has 22 heavy (non-hydrogen) atoms. The van der Waals surface area contributed by atoms with E-state index < -0.39 is 0 Å². The molecular weight excluding hydrogens is 413 g/mol. The lowest BCUT2D eigenvalue weighted by atomic mass is 10.2. The number of guanidine groups is 1. The topological polar surface area (TPSA) is 36.9 Å². The number of hydrogen-bond donors (Lipinski definition) is 1. The summed E-state index contributed by atoms with van der Waals surface area (Å²) in [5.41, 5.74) is 1.07. The van der Waals surface area contributed by atoms with Gasteiger partial charge in [-0.05, 0) is 30.4 Å². The Bertz CT molecular complexity index is 480. The van der Waals surface area contributed by atoms with Crippen molar-refractivity contribution in [2.75, 3.05) is 33.9 Å². The highest BCUT2D eigenvalue weighted by molar-refractivity contribution is 14.0. The maximum absolute atomic E-state index is 6.15. The molecule has 1 saturated carbocycles. The molecule has 0 amide bonds. The zero-order valence-electron chi connectivity index (χ0n) is 13.2. The van der Waals surface area contributed by atoms with Crippen molar-refractivity contribution in [3.05, 3.63) is 34.9 Å². The summed E-state index contributed by atoms with van der Waals surface area (Å²) >= 11 is 6.15. The Morgan fingerprint density at radius 1 is 1.41 bits per heavy atom. The lowest BCUT2D eigenvalue weighted by Gasteiger charge is -2.22. The van der Waals surface area contributed by atoms with Gasteiger partial charge in [-0.25, -0.2) is 0 Å². The van der Waals surface area contributed by atoms with Crippen LogP contribution in [0.4, 0.5) is 0 Å². The van der Waals surface area contributed by atoms with E-state index in [0.717, 1.165) is 42.2 Å². The van der Waals surface area contributed by atoms with Gasteiger partial charge in [-0.1, -0.05) is 29.8 Å². The number of hydrogen-bond acceptors (Lipinski definition) is 2. The van der Waals surface area contributed by atoms with E-state index in [4.69, 9.17) is 16.3 Å². The van der Waals surface area contributed by atoms with E-state index in [0.29, 0.717) is 6.54 Å². The summed E-state index contributed by atoms with van der Waals surface area (Å²) in [6.07, 6.45) is 2.66. The zero-order chi connectivity index (χ0) is 15.1. The summed E-state index contributed by atoms with van der Waals surface area (Å²) in [4.78, 5) is 6.36. The Kier molecular flexibility index (Phi) is 9.12. The van der Waals surface area contributed by atoms with Crippen molar-refractivity contribution < 1.29 is 4.74 Å². The lowest BCUT2D eigenvalue weighted by Crippen LogP contribution is -2.40. The van der Waals surface area contributed by atoms with Crippen molar-refractivity contribution in [1.82, 2.24) is 10.2 Å². The second kappa shape index (κ2) is 10.3. The molecule has 2 rings (SSSR count). The van der Waals surface area contributed by atoms with Crippen LogP contribution in [0.25, 0.3) is 0 Å². The first-order valence-electron chi connectivity index (χ1n) is 7.43. The maximum atomic E-state index is 6.15. The quantitative estimate of drug-likeness (QED) is 0.307. The van der Waals surface area contributed by atoms with Gasteiger partial charge in [-0.3, -0.25) is 4.99 Å². The minimum absolute atomic E-state index is 0. The number of nitrogens with zero attached hydrogens (tertiary/aromatic N) is 2. The van der Waals surface area contributed by atoms with Gasteiger partial charge in [0.15, 0.2) is 5.96 Å². The van der Waals surface area contributed by atoms with Gasteiger partial charge in [0.05, 0.1) is 6.61 Å². The predicted octanol–water partition coefficient (Wildman–Crippen LogP) is 3.39. The number of halogens is 2. The average molecular weight is 438 g/mol. The van der Waals surface area contributed by atoms with Crippen LogP contribution < -0.4 is 5.32 Å². The zero-order valence-corrected chi connectivity index (χ0v) is 16.3. The molecule has 0 atom stereocenters. The van der Waals surface area contributed by atoms with Crippen molar-refractivity contribution in [3.63, 3.8) is 0 Å². The van der Waals surface area contributed by atoms with Gasteiger partial charge >= 0.3 is 0 Å². The molecule has 0 radical (unpaired) electrons. The number of rotatable bonds is 7. The summed E-state index contributed by atoms with van der Waals surface area (Å²) in [7, 11) is 3.80. The SMILES string of the molecule is CN=C(NCc1ccccc1Cl)N(C)CCOCC1CC1.I. The monoisotopic (exact) mass is 437 g/mol. The summed E-state index contributed by atoms with van der Waals surface area (Å²) < 4.78 is 5.66. The maximum Gasteiger partial charge on any atom is 0.193 e. The number of ether oxygens (including phenoxy) is 1. The molecule has 4 nitrogen and oxygen atoms in total. The van der Waals surface area contributed by atoms with Crippen molar-refractivity contribution in [2.24, 2.45) is 10.9 Å². The molecule has 0 aliphatic heterocycles. The van der Waals surface area contributed by atoms with Crippen LogP contribution in [-0.4, -0.2) is 44.7 Å². The second-order valence-electron chi connectivity index (χ2n) is 5.43. The van der Waals surface area contributed by atoms with Gasteiger partial charge < -0.3 is 15.0 Å². The van der Waals surface area contributed by atoms with Crippen molar-refractivity contribution in [3.8, 4) is 0 Å². The molecule has 1 aliphatic rings. The van der Waals surface area contributed by atoms with Crippen molar-refractivity contribution in [1.29, 1.82) is 0 Å². The van der Waals surface area contributed by atoms with Gasteiger partial charge in [0, 0.05) is 38.8 Å². The first-order chi connectivity index (χ1) is 10.2. The summed E-state index contributed by atoms with van der Waals surface area (Å²) in [5.74, 6) is 1.66. The minimum atomic E-state index is 0. The molecule has 1 aromatic carbocycles. The molecule has 0 heterocycles. The number of nitrogens with one attached hydrogen (secondary N) is 1. The number of aliphatic imine (C=N–C) groups is 1. The van der Waals surface area contributed by atoms with Crippen molar-refractivity contribution >= 4 is 41.5 Å². The molecule has 124 valence electrons. The van der Waals surface area contributed by atoms with Crippen molar-refractivity contribution in [2.45, 2.75) is 19.4 Å². The van der Waals surface area contributed by atoms with E-state index in [-0.39, 0.29) is 24.0 Å². The molecular formula is C16H25ClIN3O. The van der Waals surface area contributed by atoms with E-state index in [1.807, 2.05) is 31.3 Å². The normalized spacial score (nSPS) is 14.4. The van der Waals surface area contributed by atoms with Gasteiger partial charge in [0.25, 0.3) is 0 Å². The van der Waals surface area contributed by atoms with E-state index in [2.05, 4.69) is 15.2 Å². The Morgan fingerprint density at radius 2 is 2.14 bits per heavy atom. The molecule has 1 aliphatic carbocycles. The standard InChI is InChI=1S/C16H24ClN3O.HI/c1-18-16(19-11-14-5-3-4-6-15(14)17)20(2)9-10-21-12-13-7-8-13;/h3-6,13H,7-12H2,1-2H3,(H,18,19);1H. The van der Waals surface area contributed by atoms with E-state index in [1.165, 1.54) is 12.8 Å². The highest BCUT2D eigenvalue weighted by atomic mass is 127. The largest absolute Gasteiger partial charge is 0.379 e. The third kappa shape index (κ3) is 6.71. The molecule has 1 aromatic rings. The van der Waals surface area contributed by atoms with Crippen LogP contribution in [0.2, 0.25) is 5.02 Å². The van der Waals surface area contributed by atoms with Crippen LogP contribution in [0.3, 0.4) is 0 Å². The van der Waals surface area contributed by atoms with Crippen LogP contribution in [-0.2, 0) is 11.3 Å². The molecule has 1 fully saturated rings. The van der Waals surface area contributed by atoms with Gasteiger partial charge in [-0.2, -0.15) is 0 Å². The minimum Gasteiger partial charge on any atom is -0.379 e. The van der Waals surface area contributed by atoms with Gasteiger partial charge in [0.2, 0.25) is 0 Å². The molecule has 0 aromatic heterocycles. The first-order valence-corrected chi connectivity index (χ1v) is 7.81. The molecule has 6 heteroatoms. The van der Waals surface area contributed by atoms with E-state index in [9.17, 15) is 0 Å². The van der Waals surface area contributed by atoms with Crippen LogP contribution in [0, 0.1) is 5.92 Å². The number of benzene rings is 1. The fraction of sp³-hybridized carbons (Fsp3) is 0.562. The highest BCUT2D eigenvalue weighted by Gasteiger charge is 2.21. The Hall–Kier alpha value is -0.530. The molecule has 0 spiro atoms. The Balaban J connectivity index is 0.00000242. The predicted molar refractivity (Wildman–Crippen MR) is 103 cm³/mol. The van der Waals surface area contributed by atoms with Gasteiger partial charge in [0.1, 0.15) is 0 Å². The fourth-order valence-electron chi connectivity index (χ4n) is 2.04. The summed E-state index contributed by atoms with van der Waals surface area (Å²) in [6.45, 7) is 3.13. The highest BCUT2D eigenvalue weighted by Crippen LogP contribution is 2.28. The smallest absolute Gasteiger partial charge is 0.193 e. The third-order valence-corrected chi connectivity index (χ3v) is 3.96.